The lowest BCUT2D eigenvalue weighted by Crippen LogP contribution is -2.22. The van der Waals surface area contributed by atoms with Crippen LogP contribution in [0, 0.1) is 0 Å². The van der Waals surface area contributed by atoms with Gasteiger partial charge in [0.05, 0.1) is 29.8 Å². The topological polar surface area (TPSA) is 67.4 Å². The number of benzene rings is 2. The van der Waals surface area contributed by atoms with Gasteiger partial charge >= 0.3 is 12.1 Å². The smallest absolute Gasteiger partial charge is 0.417 e. The van der Waals surface area contributed by atoms with Crippen molar-refractivity contribution >= 4 is 34.9 Å². The van der Waals surface area contributed by atoms with Gasteiger partial charge in [0.2, 0.25) is 5.91 Å². The van der Waals surface area contributed by atoms with Gasteiger partial charge in [0, 0.05) is 11.4 Å². The van der Waals surface area contributed by atoms with E-state index in [9.17, 15) is 22.8 Å². The van der Waals surface area contributed by atoms with Crippen molar-refractivity contribution in [3.05, 3.63) is 58.6 Å². The molecule has 2 rings (SSSR count). The van der Waals surface area contributed by atoms with E-state index >= 15 is 0 Å². The highest BCUT2D eigenvalue weighted by molar-refractivity contribution is 6.31. The van der Waals surface area contributed by atoms with Crippen LogP contribution in [0.3, 0.4) is 0 Å². The van der Waals surface area contributed by atoms with Gasteiger partial charge in [-0.25, -0.2) is 4.79 Å². The van der Waals surface area contributed by atoms with Gasteiger partial charge in [-0.3, -0.25) is 4.79 Å². The fourth-order valence-electron chi connectivity index (χ4n) is 2.05. The van der Waals surface area contributed by atoms with Gasteiger partial charge in [-0.05, 0) is 42.5 Å². The standard InChI is InChI=1S/C17H14ClF3N2O3/c1-26-16(25)10-2-4-11(5-3-10)23-15(24)9-22-12-6-7-14(18)13(8-12)17(19,20)21/h2-8,22H,9H2,1H3,(H,23,24). The van der Waals surface area contributed by atoms with E-state index in [0.29, 0.717) is 11.3 Å². The molecule has 0 heterocycles. The van der Waals surface area contributed by atoms with E-state index in [4.69, 9.17) is 11.6 Å². The van der Waals surface area contributed by atoms with E-state index in [2.05, 4.69) is 15.4 Å². The molecule has 0 aliphatic heterocycles. The quantitative estimate of drug-likeness (QED) is 0.756. The SMILES string of the molecule is COC(=O)c1ccc(NC(=O)CNc2ccc(Cl)c(C(F)(F)F)c2)cc1. The van der Waals surface area contributed by atoms with Crippen LogP contribution >= 0.6 is 11.6 Å². The molecule has 0 bridgehead atoms. The van der Waals surface area contributed by atoms with E-state index in [1.54, 1.807) is 0 Å². The lowest BCUT2D eigenvalue weighted by Gasteiger charge is -2.12. The molecular formula is C17H14ClF3N2O3. The summed E-state index contributed by atoms with van der Waals surface area (Å²) in [7, 11) is 1.25. The molecule has 2 aromatic carbocycles. The number of anilines is 2. The van der Waals surface area contributed by atoms with Crippen molar-refractivity contribution in [1.29, 1.82) is 0 Å². The average Bonchev–Trinajstić information content (AvgIpc) is 2.60. The number of hydrogen-bond donors (Lipinski definition) is 2. The van der Waals surface area contributed by atoms with Crippen LogP contribution in [0.15, 0.2) is 42.5 Å². The number of esters is 1. The first-order valence-corrected chi connectivity index (χ1v) is 7.67. The van der Waals surface area contributed by atoms with Crippen molar-refractivity contribution in [3.8, 4) is 0 Å². The summed E-state index contributed by atoms with van der Waals surface area (Å²) >= 11 is 5.54. The van der Waals surface area contributed by atoms with Crippen molar-refractivity contribution in [1.82, 2.24) is 0 Å². The molecule has 0 aliphatic carbocycles. The van der Waals surface area contributed by atoms with Gasteiger partial charge in [-0.15, -0.1) is 0 Å². The van der Waals surface area contributed by atoms with Crippen LogP contribution in [-0.4, -0.2) is 25.5 Å². The Hall–Kier alpha value is -2.74. The maximum atomic E-state index is 12.8. The molecule has 0 saturated carbocycles. The van der Waals surface area contributed by atoms with Crippen LogP contribution in [0.2, 0.25) is 5.02 Å². The normalized spacial score (nSPS) is 11.0. The average molecular weight is 387 g/mol. The van der Waals surface area contributed by atoms with Gasteiger partial charge in [-0.2, -0.15) is 13.2 Å². The summed E-state index contributed by atoms with van der Waals surface area (Å²) in [5, 5.41) is 4.73. The van der Waals surface area contributed by atoms with E-state index in [-0.39, 0.29) is 12.2 Å². The van der Waals surface area contributed by atoms with Crippen LogP contribution in [0.4, 0.5) is 24.5 Å². The maximum absolute atomic E-state index is 12.8. The van der Waals surface area contributed by atoms with Crippen LogP contribution in [0.5, 0.6) is 0 Å². The van der Waals surface area contributed by atoms with Gasteiger partial charge in [0.25, 0.3) is 0 Å². The van der Waals surface area contributed by atoms with E-state index in [0.717, 1.165) is 12.1 Å². The molecule has 1 amide bonds. The summed E-state index contributed by atoms with van der Waals surface area (Å²) in [4.78, 5) is 23.2. The molecule has 0 saturated heterocycles. The summed E-state index contributed by atoms with van der Waals surface area (Å²) in [5.74, 6) is -0.980. The second kappa shape index (κ2) is 8.09. The van der Waals surface area contributed by atoms with Gasteiger partial charge < -0.3 is 15.4 Å². The lowest BCUT2D eigenvalue weighted by atomic mass is 10.2. The summed E-state index contributed by atoms with van der Waals surface area (Å²) in [6.07, 6.45) is -4.58. The second-order valence-corrected chi connectivity index (χ2v) is 5.57. The number of alkyl halides is 3. The molecule has 9 heteroatoms. The minimum Gasteiger partial charge on any atom is -0.465 e. The lowest BCUT2D eigenvalue weighted by molar-refractivity contribution is -0.137. The third kappa shape index (κ3) is 5.13. The minimum absolute atomic E-state index is 0.109. The predicted octanol–water partition coefficient (Wildman–Crippen LogP) is 4.20. The van der Waals surface area contributed by atoms with Crippen LogP contribution in [-0.2, 0) is 15.7 Å². The Morgan fingerprint density at radius 3 is 2.27 bits per heavy atom. The Morgan fingerprint density at radius 2 is 1.69 bits per heavy atom. The van der Waals surface area contributed by atoms with E-state index in [1.807, 2.05) is 0 Å². The number of rotatable bonds is 5. The third-order valence-corrected chi connectivity index (χ3v) is 3.64. The largest absolute Gasteiger partial charge is 0.465 e. The minimum atomic E-state index is -4.58. The first-order valence-electron chi connectivity index (χ1n) is 7.29. The third-order valence-electron chi connectivity index (χ3n) is 3.31. The highest BCUT2D eigenvalue weighted by Crippen LogP contribution is 2.36. The second-order valence-electron chi connectivity index (χ2n) is 5.16. The molecule has 2 N–H and O–H groups in total. The van der Waals surface area contributed by atoms with Crippen molar-refractivity contribution < 1.29 is 27.5 Å². The first-order chi connectivity index (χ1) is 12.2. The Bertz CT molecular complexity index is 808. The van der Waals surface area contributed by atoms with Crippen LogP contribution in [0.1, 0.15) is 15.9 Å². The van der Waals surface area contributed by atoms with Crippen molar-refractivity contribution in [2.24, 2.45) is 0 Å². The number of amides is 1. The van der Waals surface area contributed by atoms with Gasteiger partial charge in [-0.1, -0.05) is 11.6 Å². The molecule has 0 unspecified atom stereocenters. The number of carbonyl (C=O) groups excluding carboxylic acids is 2. The monoisotopic (exact) mass is 386 g/mol. The fraction of sp³-hybridized carbons (Fsp3) is 0.176. The number of halogens is 4. The highest BCUT2D eigenvalue weighted by atomic mass is 35.5. The number of methoxy groups -OCH3 is 1. The summed E-state index contributed by atoms with van der Waals surface area (Å²) < 4.78 is 43.0. The van der Waals surface area contributed by atoms with E-state index in [1.165, 1.54) is 37.4 Å². The number of carbonyl (C=O) groups is 2. The molecule has 0 fully saturated rings. The van der Waals surface area contributed by atoms with Gasteiger partial charge in [0.1, 0.15) is 0 Å². The summed E-state index contributed by atoms with van der Waals surface area (Å²) in [6, 6.07) is 9.25. The fourth-order valence-corrected chi connectivity index (χ4v) is 2.27. The predicted molar refractivity (Wildman–Crippen MR) is 91.4 cm³/mol. The molecule has 138 valence electrons. The molecule has 5 nitrogen and oxygen atoms in total. The summed E-state index contributed by atoms with van der Waals surface area (Å²) in [5.41, 5.74) is -0.123. The Balaban J connectivity index is 1.96. The van der Waals surface area contributed by atoms with Crippen LogP contribution < -0.4 is 10.6 Å². The molecular weight excluding hydrogens is 373 g/mol. The number of hydrogen-bond acceptors (Lipinski definition) is 4. The molecule has 0 aromatic heterocycles. The Morgan fingerprint density at radius 1 is 1.08 bits per heavy atom. The zero-order chi connectivity index (χ0) is 19.3. The van der Waals surface area contributed by atoms with E-state index < -0.39 is 28.6 Å². The van der Waals surface area contributed by atoms with Gasteiger partial charge in [0.15, 0.2) is 0 Å². The first kappa shape index (κ1) is 19.6. The molecule has 0 atom stereocenters. The molecule has 2 aromatic rings. The van der Waals surface area contributed by atoms with Crippen molar-refractivity contribution in [3.63, 3.8) is 0 Å². The summed E-state index contributed by atoms with van der Waals surface area (Å²) in [6.45, 7) is -0.252. The van der Waals surface area contributed by atoms with Crippen LogP contribution in [0.25, 0.3) is 0 Å². The molecule has 26 heavy (non-hydrogen) atoms. The van der Waals surface area contributed by atoms with Crippen molar-refractivity contribution in [2.45, 2.75) is 6.18 Å². The van der Waals surface area contributed by atoms with Crippen molar-refractivity contribution in [2.75, 3.05) is 24.3 Å². The molecule has 0 aliphatic rings. The maximum Gasteiger partial charge on any atom is 0.417 e. The zero-order valence-corrected chi connectivity index (χ0v) is 14.2. The molecule has 0 spiro atoms. The highest BCUT2D eigenvalue weighted by Gasteiger charge is 2.33. The molecule has 0 radical (unpaired) electrons. The Labute approximate surface area is 152 Å². The number of nitrogens with one attached hydrogen (secondary N) is 2. The zero-order valence-electron chi connectivity index (χ0n) is 13.5. The Kier molecular flexibility index (Phi) is 6.10. The number of ether oxygens (including phenoxy) is 1.